The molecular weight excluding hydrogens is 366 g/mol. The minimum absolute atomic E-state index is 0.427. The van der Waals surface area contributed by atoms with Gasteiger partial charge in [-0.05, 0) is 41.0 Å². The summed E-state index contributed by atoms with van der Waals surface area (Å²) in [4.78, 5) is 4.92. The maximum Gasteiger partial charge on any atom is 0.204 e. The van der Waals surface area contributed by atoms with Gasteiger partial charge in [0.1, 0.15) is 5.76 Å². The van der Waals surface area contributed by atoms with Crippen LogP contribution in [0, 0.1) is 0 Å². The number of hydrogen-bond acceptors (Lipinski definition) is 2. The summed E-state index contributed by atoms with van der Waals surface area (Å²) in [6.07, 6.45) is 2.20. The van der Waals surface area contributed by atoms with Gasteiger partial charge < -0.3 is 4.74 Å². The van der Waals surface area contributed by atoms with Crippen LogP contribution in [0.15, 0.2) is 114 Å². The van der Waals surface area contributed by atoms with Crippen molar-refractivity contribution >= 4 is 22.4 Å². The van der Waals surface area contributed by atoms with E-state index in [2.05, 4.69) is 79.7 Å². The maximum absolute atomic E-state index is 6.36. The molecule has 5 rings (SSSR count). The molecule has 1 atom stereocenters. The third kappa shape index (κ3) is 3.42. The summed E-state index contributed by atoms with van der Waals surface area (Å²) in [7, 11) is 0. The van der Waals surface area contributed by atoms with Crippen molar-refractivity contribution in [1.82, 2.24) is 0 Å². The monoisotopic (exact) mass is 389 g/mol. The van der Waals surface area contributed by atoms with E-state index in [4.69, 9.17) is 9.73 Å². The average molecular weight is 389 g/mol. The van der Waals surface area contributed by atoms with Crippen LogP contribution in [0.3, 0.4) is 0 Å². The lowest BCUT2D eigenvalue weighted by molar-refractivity contribution is 0.489. The summed E-state index contributed by atoms with van der Waals surface area (Å²) in [5.74, 6) is 1.60. The van der Waals surface area contributed by atoms with E-state index in [9.17, 15) is 0 Å². The molecule has 1 aliphatic rings. The summed E-state index contributed by atoms with van der Waals surface area (Å²) < 4.78 is 6.36. The Morgan fingerprint density at radius 2 is 1.40 bits per heavy atom. The number of benzene rings is 4. The molecule has 0 bridgehead atoms. The van der Waals surface area contributed by atoms with E-state index in [0.29, 0.717) is 6.54 Å². The largest absolute Gasteiger partial charge is 0.442 e. The number of nitrogens with zero attached hydrogens (tertiary/aromatic N) is 1. The smallest absolute Gasteiger partial charge is 0.204 e. The normalized spacial score (nSPS) is 19.6. The van der Waals surface area contributed by atoms with E-state index < -0.39 is 5.41 Å². The van der Waals surface area contributed by atoms with Gasteiger partial charge in [0.25, 0.3) is 0 Å². The Labute approximate surface area is 177 Å². The predicted molar refractivity (Wildman–Crippen MR) is 124 cm³/mol. The highest BCUT2D eigenvalue weighted by Gasteiger charge is 2.39. The summed E-state index contributed by atoms with van der Waals surface area (Å²) in [5.41, 5.74) is 2.99. The topological polar surface area (TPSA) is 21.6 Å². The molecule has 0 aliphatic carbocycles. The second-order valence-electron chi connectivity index (χ2n) is 7.85. The third-order valence-electron chi connectivity index (χ3n) is 5.73. The number of fused-ring (bicyclic) bond motifs is 1. The molecule has 146 valence electrons. The van der Waals surface area contributed by atoms with Crippen LogP contribution in [0.4, 0.5) is 0 Å². The van der Waals surface area contributed by atoms with Crippen molar-refractivity contribution in [2.24, 2.45) is 4.99 Å². The highest BCUT2D eigenvalue weighted by molar-refractivity contribution is 6.00. The lowest BCUT2D eigenvalue weighted by Gasteiger charge is -2.22. The molecule has 2 heteroatoms. The molecule has 0 saturated carbocycles. The number of rotatable bonds is 4. The summed E-state index contributed by atoms with van der Waals surface area (Å²) in [6, 6.07) is 35.6. The molecule has 1 heterocycles. The van der Waals surface area contributed by atoms with Gasteiger partial charge in [0.2, 0.25) is 5.90 Å². The van der Waals surface area contributed by atoms with E-state index in [1.54, 1.807) is 0 Å². The van der Waals surface area contributed by atoms with Crippen molar-refractivity contribution in [2.45, 2.75) is 18.9 Å². The van der Waals surface area contributed by atoms with Gasteiger partial charge in [-0.25, -0.2) is 4.99 Å². The molecule has 1 aliphatic heterocycles. The van der Waals surface area contributed by atoms with Crippen LogP contribution < -0.4 is 0 Å². The Morgan fingerprint density at radius 1 is 0.733 bits per heavy atom. The van der Waals surface area contributed by atoms with Crippen molar-refractivity contribution in [2.75, 3.05) is 0 Å². The molecule has 0 fully saturated rings. The molecule has 4 aromatic rings. The van der Waals surface area contributed by atoms with E-state index in [-0.39, 0.29) is 0 Å². The van der Waals surface area contributed by atoms with Gasteiger partial charge in [-0.3, -0.25) is 0 Å². The molecular formula is C28H23NO. The van der Waals surface area contributed by atoms with Crippen LogP contribution in [-0.4, -0.2) is 5.90 Å². The second-order valence-corrected chi connectivity index (χ2v) is 7.85. The first-order chi connectivity index (χ1) is 14.7. The first-order valence-electron chi connectivity index (χ1n) is 10.3. The third-order valence-corrected chi connectivity index (χ3v) is 5.73. The Morgan fingerprint density at radius 3 is 2.17 bits per heavy atom. The van der Waals surface area contributed by atoms with E-state index in [1.165, 1.54) is 21.9 Å². The molecule has 0 spiro atoms. The Kier molecular flexibility index (Phi) is 4.68. The molecule has 4 aromatic carbocycles. The zero-order valence-electron chi connectivity index (χ0n) is 17.0. The van der Waals surface area contributed by atoms with Gasteiger partial charge >= 0.3 is 0 Å². The van der Waals surface area contributed by atoms with Crippen molar-refractivity contribution in [3.63, 3.8) is 0 Å². The average Bonchev–Trinajstić information content (AvgIpc) is 3.16. The van der Waals surface area contributed by atoms with Gasteiger partial charge in [-0.2, -0.15) is 0 Å². The fourth-order valence-corrected chi connectivity index (χ4v) is 3.97. The van der Waals surface area contributed by atoms with Gasteiger partial charge in [0.15, 0.2) is 0 Å². The minimum atomic E-state index is -0.427. The number of aliphatic imine (C=N–C) groups is 1. The van der Waals surface area contributed by atoms with Crippen molar-refractivity contribution in [3.8, 4) is 0 Å². The zero-order chi connectivity index (χ0) is 20.4. The minimum Gasteiger partial charge on any atom is -0.442 e. The summed E-state index contributed by atoms with van der Waals surface area (Å²) in [6.45, 7) is 2.78. The van der Waals surface area contributed by atoms with E-state index in [0.717, 1.165) is 17.2 Å². The Hall–Kier alpha value is -3.65. The lowest BCUT2D eigenvalue weighted by atomic mass is 9.81. The van der Waals surface area contributed by atoms with Crippen LogP contribution >= 0.6 is 0 Å². The molecule has 2 nitrogen and oxygen atoms in total. The molecule has 0 N–H and O–H groups in total. The zero-order valence-corrected chi connectivity index (χ0v) is 17.0. The lowest BCUT2D eigenvalue weighted by Crippen LogP contribution is -2.27. The van der Waals surface area contributed by atoms with Crippen LogP contribution in [0.2, 0.25) is 0 Å². The number of ether oxygens (including phenoxy) is 1. The van der Waals surface area contributed by atoms with Crippen LogP contribution in [0.1, 0.15) is 23.6 Å². The molecule has 0 aromatic heterocycles. The molecule has 1 unspecified atom stereocenters. The quantitative estimate of drug-likeness (QED) is 0.377. The SMILES string of the molecule is CC1(c2ccc3ccccc3c2)C=C(c2ccccc2)OC1=NCc1ccccc1. The molecule has 0 radical (unpaired) electrons. The Bertz CT molecular complexity index is 1240. The first kappa shape index (κ1) is 18.4. The summed E-state index contributed by atoms with van der Waals surface area (Å²) >= 11 is 0. The highest BCUT2D eigenvalue weighted by atomic mass is 16.5. The molecule has 0 saturated heterocycles. The van der Waals surface area contributed by atoms with Crippen LogP contribution in [0.5, 0.6) is 0 Å². The number of hydrogen-bond donors (Lipinski definition) is 0. The standard InChI is InChI=1S/C28H23NO/c1-28(25-17-16-22-12-8-9-15-24(22)18-25)19-26(23-13-6-3-7-14-23)30-27(28)29-20-21-10-4-2-5-11-21/h2-19H,20H2,1H3. The fraction of sp³-hybridized carbons (Fsp3) is 0.107. The van der Waals surface area contributed by atoms with Crippen LogP contribution in [-0.2, 0) is 16.7 Å². The molecule has 30 heavy (non-hydrogen) atoms. The van der Waals surface area contributed by atoms with Crippen molar-refractivity contribution < 1.29 is 4.74 Å². The maximum atomic E-state index is 6.36. The second kappa shape index (κ2) is 7.64. The van der Waals surface area contributed by atoms with Crippen molar-refractivity contribution in [3.05, 3.63) is 126 Å². The predicted octanol–water partition coefficient (Wildman–Crippen LogP) is 6.77. The van der Waals surface area contributed by atoms with Gasteiger partial charge in [0.05, 0.1) is 12.0 Å². The fourth-order valence-electron chi connectivity index (χ4n) is 3.97. The Balaban J connectivity index is 1.59. The van der Waals surface area contributed by atoms with Gasteiger partial charge in [-0.15, -0.1) is 0 Å². The van der Waals surface area contributed by atoms with Crippen LogP contribution in [0.25, 0.3) is 16.5 Å². The van der Waals surface area contributed by atoms with E-state index in [1.807, 2.05) is 36.4 Å². The van der Waals surface area contributed by atoms with Gasteiger partial charge in [-0.1, -0.05) is 97.1 Å². The molecule has 0 amide bonds. The first-order valence-corrected chi connectivity index (χ1v) is 10.3. The highest BCUT2D eigenvalue weighted by Crippen LogP contribution is 2.40. The van der Waals surface area contributed by atoms with Gasteiger partial charge in [0, 0.05) is 5.56 Å². The summed E-state index contributed by atoms with van der Waals surface area (Å²) in [5, 5.41) is 2.46. The van der Waals surface area contributed by atoms with Crippen molar-refractivity contribution in [1.29, 1.82) is 0 Å². The van der Waals surface area contributed by atoms with E-state index >= 15 is 0 Å².